The lowest BCUT2D eigenvalue weighted by Crippen LogP contribution is -2.40. The Bertz CT molecular complexity index is 4000. The van der Waals surface area contributed by atoms with Crippen molar-refractivity contribution in [1.29, 1.82) is 0 Å². The minimum atomic E-state index is -3.64. The Balaban J connectivity index is 0.000000161. The molecule has 3 aromatic carbocycles. The molecule has 9 aromatic rings. The van der Waals surface area contributed by atoms with E-state index in [-0.39, 0.29) is 57.0 Å². The second-order valence-corrected chi connectivity index (χ2v) is 28.8. The molecule has 0 unspecified atom stereocenters. The highest BCUT2D eigenvalue weighted by atomic mass is 32.2. The van der Waals surface area contributed by atoms with Crippen molar-refractivity contribution >= 4 is 64.9 Å². The van der Waals surface area contributed by atoms with Gasteiger partial charge in [0.1, 0.15) is 16.9 Å². The molecule has 22 nitrogen and oxygen atoms in total. The first-order chi connectivity index (χ1) is 44.6. The minimum Gasteiger partial charge on any atom is -0.466 e. The standard InChI is InChI=1S/3C22H25N3O4S.C2H6O/c3*1-3-29-22(26)17-8-11-25(12-9-17)30(27,28)19-6-4-5-18(14-19)20-15-24-10-7-16(2)13-21(24)23-20;1-2-3/h3*4-7,10,13-15,17H,3,8-9,11-12H2,1-2H3;3H,2H2,1H3. The summed E-state index contributed by atoms with van der Waals surface area (Å²) in [5, 5.41) is 7.57. The molecular weight excluding hydrogens is 1250 g/mol. The van der Waals surface area contributed by atoms with Crippen LogP contribution >= 0.6 is 0 Å². The Morgan fingerprint density at radius 1 is 0.419 bits per heavy atom. The van der Waals surface area contributed by atoms with Gasteiger partial charge in [0.15, 0.2) is 0 Å². The van der Waals surface area contributed by atoms with E-state index in [1.54, 1.807) is 82.3 Å². The molecule has 3 aliphatic rings. The van der Waals surface area contributed by atoms with Crippen molar-refractivity contribution in [2.24, 2.45) is 17.8 Å². The van der Waals surface area contributed by atoms with Gasteiger partial charge in [-0.05, 0) is 176 Å². The Morgan fingerprint density at radius 3 is 0.903 bits per heavy atom. The molecule has 0 atom stereocenters. The number of piperidine rings is 3. The Morgan fingerprint density at radius 2 is 0.667 bits per heavy atom. The number of carbonyl (C=O) groups excluding carboxylic acids is 3. The summed E-state index contributed by atoms with van der Waals surface area (Å²) in [4.78, 5) is 50.4. The van der Waals surface area contributed by atoms with E-state index in [2.05, 4.69) is 15.0 Å². The van der Waals surface area contributed by atoms with Crippen molar-refractivity contribution < 1.29 is 59.0 Å². The number of esters is 3. The van der Waals surface area contributed by atoms with Gasteiger partial charge >= 0.3 is 17.9 Å². The van der Waals surface area contributed by atoms with Crippen LogP contribution in [-0.4, -0.2) is 155 Å². The number of aromatic nitrogens is 6. The molecule has 25 heteroatoms. The van der Waals surface area contributed by atoms with Gasteiger partial charge in [-0.1, -0.05) is 36.4 Å². The lowest BCUT2D eigenvalue weighted by atomic mass is 9.98. The van der Waals surface area contributed by atoms with Gasteiger partial charge in [-0.3, -0.25) is 14.4 Å². The smallest absolute Gasteiger partial charge is 0.309 e. The first-order valence-corrected chi connectivity index (χ1v) is 35.7. The first kappa shape index (κ1) is 69.2. The predicted octanol–water partition coefficient (Wildman–Crippen LogP) is 9.82. The summed E-state index contributed by atoms with van der Waals surface area (Å²) in [6.07, 6.45) is 14.4. The molecule has 12 rings (SSSR count). The van der Waals surface area contributed by atoms with E-state index in [1.807, 2.05) is 126 Å². The summed E-state index contributed by atoms with van der Waals surface area (Å²) in [5.74, 6) is -1.41. The normalized spacial score (nSPS) is 15.7. The average Bonchev–Trinajstić information content (AvgIpc) is 2.14. The van der Waals surface area contributed by atoms with Crippen LogP contribution in [-0.2, 0) is 58.7 Å². The van der Waals surface area contributed by atoms with Crippen molar-refractivity contribution in [1.82, 2.24) is 41.1 Å². The number of imidazole rings is 3. The largest absolute Gasteiger partial charge is 0.466 e. The zero-order chi connectivity index (χ0) is 66.6. The summed E-state index contributed by atoms with van der Waals surface area (Å²) >= 11 is 0. The Hall–Kier alpha value is -8.17. The Labute approximate surface area is 543 Å². The van der Waals surface area contributed by atoms with Crippen LogP contribution in [0.2, 0.25) is 0 Å². The number of fused-ring (bicyclic) bond motifs is 3. The minimum absolute atomic E-state index is 0.232. The van der Waals surface area contributed by atoms with Gasteiger partial charge in [-0.15, -0.1) is 0 Å². The quantitative estimate of drug-likeness (QED) is 0.0739. The highest BCUT2D eigenvalue weighted by molar-refractivity contribution is 7.89. The van der Waals surface area contributed by atoms with Crippen LogP contribution in [0.3, 0.4) is 0 Å². The molecule has 0 radical (unpaired) electrons. The molecule has 0 amide bonds. The topological polar surface area (TPSA) is 263 Å². The van der Waals surface area contributed by atoms with Crippen molar-refractivity contribution in [2.45, 2.75) is 102 Å². The lowest BCUT2D eigenvalue weighted by Gasteiger charge is -2.30. The van der Waals surface area contributed by atoms with Gasteiger partial charge in [0, 0.05) is 99.7 Å². The summed E-state index contributed by atoms with van der Waals surface area (Å²) < 4.78 is 104. The highest BCUT2D eigenvalue weighted by Crippen LogP contribution is 2.32. The zero-order valence-electron chi connectivity index (χ0n) is 53.5. The third-order valence-corrected chi connectivity index (χ3v) is 22.1. The number of aryl methyl sites for hydroxylation is 3. The average molecular weight is 1330 g/mol. The fourth-order valence-electron chi connectivity index (χ4n) is 11.3. The molecule has 3 fully saturated rings. The van der Waals surface area contributed by atoms with Gasteiger partial charge in [0.2, 0.25) is 30.1 Å². The van der Waals surface area contributed by atoms with E-state index in [0.29, 0.717) is 97.6 Å². The van der Waals surface area contributed by atoms with E-state index in [9.17, 15) is 39.6 Å². The SMILES string of the molecule is CCO.CCOC(=O)C1CCN(S(=O)(=O)c2cccc(-c3cn4ccc(C)cc4n3)c2)CC1.CCOC(=O)C1CCN(S(=O)(=O)c2cccc(-c3cn4ccc(C)cc4n3)c2)CC1.CCOC(=O)C1CCN(S(=O)(=O)c2cccc(-c3cn4ccc(C)cc4n3)c2)CC1. The van der Waals surface area contributed by atoms with Gasteiger partial charge in [-0.2, -0.15) is 12.9 Å². The van der Waals surface area contributed by atoms with Crippen LogP contribution in [0.25, 0.3) is 50.7 Å². The summed E-state index contributed by atoms with van der Waals surface area (Å²) in [6.45, 7) is 16.1. The van der Waals surface area contributed by atoms with E-state index in [0.717, 1.165) is 67.4 Å². The second-order valence-electron chi connectivity index (χ2n) is 23.0. The molecule has 0 spiro atoms. The predicted molar refractivity (Wildman–Crippen MR) is 353 cm³/mol. The molecule has 3 saturated heterocycles. The van der Waals surface area contributed by atoms with Crippen LogP contribution in [0.15, 0.2) is 161 Å². The third kappa shape index (κ3) is 16.6. The summed E-state index contributed by atoms with van der Waals surface area (Å²) in [5.41, 5.74) is 10.2. The van der Waals surface area contributed by atoms with Gasteiger partial charge in [0.05, 0.1) is 69.3 Å². The summed E-state index contributed by atoms with van der Waals surface area (Å²) in [6, 6.07) is 32.6. The molecule has 6 aromatic heterocycles. The number of carbonyl (C=O) groups is 3. The maximum absolute atomic E-state index is 13.2. The number of nitrogens with zero attached hydrogens (tertiary/aromatic N) is 9. The van der Waals surface area contributed by atoms with Crippen LogP contribution in [0, 0.1) is 38.5 Å². The van der Waals surface area contributed by atoms with E-state index in [1.165, 1.54) is 12.9 Å². The number of aliphatic hydroxyl groups is 1. The van der Waals surface area contributed by atoms with Gasteiger partial charge in [-0.25, -0.2) is 40.2 Å². The number of sulfonamides is 3. The van der Waals surface area contributed by atoms with Crippen molar-refractivity contribution in [2.75, 3.05) is 65.7 Å². The van der Waals surface area contributed by atoms with Crippen LogP contribution in [0.5, 0.6) is 0 Å². The second kappa shape index (κ2) is 30.7. The molecule has 0 saturated carbocycles. The van der Waals surface area contributed by atoms with Crippen LogP contribution < -0.4 is 0 Å². The first-order valence-electron chi connectivity index (χ1n) is 31.3. The fraction of sp³-hybridized carbons (Fsp3) is 0.382. The maximum Gasteiger partial charge on any atom is 0.309 e. The number of hydrogen-bond donors (Lipinski definition) is 1. The molecule has 494 valence electrons. The van der Waals surface area contributed by atoms with Crippen LogP contribution in [0.1, 0.15) is 82.9 Å². The number of pyridine rings is 3. The molecule has 1 N–H and O–H groups in total. The van der Waals surface area contributed by atoms with Gasteiger partial charge in [0.25, 0.3) is 0 Å². The molecule has 9 heterocycles. The third-order valence-electron chi connectivity index (χ3n) is 16.4. The molecule has 93 heavy (non-hydrogen) atoms. The molecule has 3 aliphatic heterocycles. The van der Waals surface area contributed by atoms with Crippen molar-refractivity contribution in [3.63, 3.8) is 0 Å². The zero-order valence-corrected chi connectivity index (χ0v) is 55.9. The molecule has 0 aliphatic carbocycles. The number of hydrogen-bond acceptors (Lipinski definition) is 16. The monoisotopic (exact) mass is 1330 g/mol. The lowest BCUT2D eigenvalue weighted by molar-refractivity contribution is -0.150. The maximum atomic E-state index is 13.2. The van der Waals surface area contributed by atoms with Crippen molar-refractivity contribution in [3.8, 4) is 33.8 Å². The number of aliphatic hydroxyl groups excluding tert-OH is 1. The summed E-state index contributed by atoms with van der Waals surface area (Å²) in [7, 11) is -10.9. The van der Waals surface area contributed by atoms with Gasteiger partial charge < -0.3 is 32.5 Å². The number of rotatable bonds is 15. The van der Waals surface area contributed by atoms with Crippen molar-refractivity contribution in [3.05, 3.63) is 163 Å². The van der Waals surface area contributed by atoms with E-state index in [4.69, 9.17) is 19.3 Å². The number of ether oxygens (including phenoxy) is 3. The fourth-order valence-corrected chi connectivity index (χ4v) is 15.9. The molecule has 0 bridgehead atoms. The highest BCUT2D eigenvalue weighted by Gasteiger charge is 2.36. The van der Waals surface area contributed by atoms with E-state index < -0.39 is 30.1 Å². The number of benzene rings is 3. The van der Waals surface area contributed by atoms with Crippen LogP contribution in [0.4, 0.5) is 0 Å². The Kier molecular flexibility index (Phi) is 22.9. The molecular formula is C68H81N9O13S3. The van der Waals surface area contributed by atoms with E-state index >= 15 is 0 Å².